The number of hydrogen-bond acceptors (Lipinski definition) is 5. The van der Waals surface area contributed by atoms with E-state index in [0.717, 1.165) is 52.2 Å². The highest BCUT2D eigenvalue weighted by Gasteiger charge is 2.25. The van der Waals surface area contributed by atoms with Gasteiger partial charge in [0.2, 0.25) is 0 Å². The van der Waals surface area contributed by atoms with Crippen LogP contribution in [0.15, 0.2) is 0 Å². The van der Waals surface area contributed by atoms with E-state index in [1.54, 1.807) is 4.90 Å². The first-order valence-corrected chi connectivity index (χ1v) is 8.65. The highest BCUT2D eigenvalue weighted by molar-refractivity contribution is 5.68. The molecule has 0 atom stereocenters. The van der Waals surface area contributed by atoms with Gasteiger partial charge in [-0.2, -0.15) is 0 Å². The number of ether oxygens (including phenoxy) is 1. The fourth-order valence-corrected chi connectivity index (χ4v) is 2.39. The number of aliphatic hydroxyl groups excluding tert-OH is 1. The molecule has 1 aliphatic rings. The number of amides is 1. The zero-order valence-electron chi connectivity index (χ0n) is 15.5. The maximum absolute atomic E-state index is 12.0. The third-order valence-corrected chi connectivity index (χ3v) is 3.88. The summed E-state index contributed by atoms with van der Waals surface area (Å²) in [6.45, 7) is 16.1. The summed E-state index contributed by atoms with van der Waals surface area (Å²) in [6.07, 6.45) is 0.874. The van der Waals surface area contributed by atoms with Gasteiger partial charge in [-0.05, 0) is 40.3 Å². The van der Waals surface area contributed by atoms with Crippen LogP contribution in [0.1, 0.15) is 41.0 Å². The average Bonchev–Trinajstić information content (AvgIpc) is 2.45. The lowest BCUT2D eigenvalue weighted by molar-refractivity contribution is 0.0144. The van der Waals surface area contributed by atoms with Crippen molar-refractivity contribution in [2.75, 3.05) is 52.4 Å². The van der Waals surface area contributed by atoms with Gasteiger partial charge in [-0.15, -0.1) is 0 Å². The number of aliphatic hydroxyl groups is 1. The van der Waals surface area contributed by atoms with E-state index >= 15 is 0 Å². The van der Waals surface area contributed by atoms with Gasteiger partial charge in [0.1, 0.15) is 5.60 Å². The molecule has 6 nitrogen and oxygen atoms in total. The van der Waals surface area contributed by atoms with E-state index in [1.807, 2.05) is 20.8 Å². The van der Waals surface area contributed by atoms with Crippen molar-refractivity contribution in [2.24, 2.45) is 5.41 Å². The van der Waals surface area contributed by atoms with Crippen molar-refractivity contribution in [3.63, 3.8) is 0 Å². The SMILES string of the molecule is CC(C)(CO)CNCCCN1CCN(C(=O)OC(C)(C)C)CC1. The largest absolute Gasteiger partial charge is 0.444 e. The number of nitrogens with one attached hydrogen (secondary N) is 1. The average molecular weight is 329 g/mol. The van der Waals surface area contributed by atoms with Crippen LogP contribution in [0.5, 0.6) is 0 Å². The summed E-state index contributed by atoms with van der Waals surface area (Å²) >= 11 is 0. The van der Waals surface area contributed by atoms with Crippen LogP contribution in [0.25, 0.3) is 0 Å². The van der Waals surface area contributed by atoms with E-state index in [9.17, 15) is 9.90 Å². The third kappa shape index (κ3) is 8.53. The van der Waals surface area contributed by atoms with Crippen LogP contribution in [0.2, 0.25) is 0 Å². The molecule has 2 N–H and O–H groups in total. The van der Waals surface area contributed by atoms with Crippen molar-refractivity contribution in [1.29, 1.82) is 0 Å². The summed E-state index contributed by atoms with van der Waals surface area (Å²) in [5.74, 6) is 0. The third-order valence-electron chi connectivity index (χ3n) is 3.88. The van der Waals surface area contributed by atoms with E-state index in [-0.39, 0.29) is 18.1 Å². The van der Waals surface area contributed by atoms with Crippen molar-refractivity contribution < 1.29 is 14.6 Å². The lowest BCUT2D eigenvalue weighted by Gasteiger charge is -2.35. The summed E-state index contributed by atoms with van der Waals surface area (Å²) < 4.78 is 5.41. The van der Waals surface area contributed by atoms with E-state index in [2.05, 4.69) is 24.1 Å². The van der Waals surface area contributed by atoms with Crippen molar-refractivity contribution in [2.45, 2.75) is 46.6 Å². The zero-order valence-corrected chi connectivity index (χ0v) is 15.5. The molecule has 0 spiro atoms. The lowest BCUT2D eigenvalue weighted by atomic mass is 9.95. The van der Waals surface area contributed by atoms with Crippen molar-refractivity contribution in [3.05, 3.63) is 0 Å². The molecule has 0 radical (unpaired) electrons. The molecule has 0 unspecified atom stereocenters. The second-order valence-corrected chi connectivity index (χ2v) is 8.16. The first kappa shape index (κ1) is 20.2. The van der Waals surface area contributed by atoms with Crippen molar-refractivity contribution >= 4 is 6.09 Å². The first-order valence-electron chi connectivity index (χ1n) is 8.65. The Balaban J connectivity index is 2.14. The first-order chi connectivity index (χ1) is 10.6. The number of hydrogen-bond donors (Lipinski definition) is 2. The van der Waals surface area contributed by atoms with Gasteiger partial charge in [0.05, 0.1) is 0 Å². The van der Waals surface area contributed by atoms with Crippen LogP contribution in [0, 0.1) is 5.41 Å². The molecular weight excluding hydrogens is 294 g/mol. The summed E-state index contributed by atoms with van der Waals surface area (Å²) in [7, 11) is 0. The zero-order chi connectivity index (χ0) is 17.5. The maximum Gasteiger partial charge on any atom is 0.410 e. The Hall–Kier alpha value is -0.850. The Bertz CT molecular complexity index is 359. The number of carbonyl (C=O) groups excluding carboxylic acids is 1. The second kappa shape index (κ2) is 8.85. The standard InChI is InChI=1S/C17H35N3O3/c1-16(2,3)23-15(22)20-11-9-19(10-12-20)8-6-7-18-13-17(4,5)14-21/h18,21H,6-14H2,1-5H3. The Morgan fingerprint density at radius 1 is 1.13 bits per heavy atom. The number of nitrogens with zero attached hydrogens (tertiary/aromatic N) is 2. The van der Waals surface area contributed by atoms with Crippen LogP contribution in [-0.2, 0) is 4.74 Å². The molecule has 0 bridgehead atoms. The van der Waals surface area contributed by atoms with Crippen LogP contribution in [-0.4, -0.2) is 79.0 Å². The number of piperazine rings is 1. The minimum Gasteiger partial charge on any atom is -0.444 e. The molecule has 23 heavy (non-hydrogen) atoms. The topological polar surface area (TPSA) is 65.0 Å². The molecule has 0 saturated carbocycles. The highest BCUT2D eigenvalue weighted by Crippen LogP contribution is 2.12. The fraction of sp³-hybridized carbons (Fsp3) is 0.941. The van der Waals surface area contributed by atoms with Gasteiger partial charge in [-0.3, -0.25) is 4.90 Å². The Morgan fingerprint density at radius 2 is 1.74 bits per heavy atom. The summed E-state index contributed by atoms with van der Waals surface area (Å²) in [6, 6.07) is 0. The number of rotatable bonds is 7. The van der Waals surface area contributed by atoms with Gasteiger partial charge in [0.25, 0.3) is 0 Å². The molecule has 0 aliphatic carbocycles. The monoisotopic (exact) mass is 329 g/mol. The minimum atomic E-state index is -0.428. The molecule has 136 valence electrons. The van der Waals surface area contributed by atoms with Crippen molar-refractivity contribution in [3.8, 4) is 0 Å². The summed E-state index contributed by atoms with van der Waals surface area (Å²) in [5, 5.41) is 12.6. The lowest BCUT2D eigenvalue weighted by Crippen LogP contribution is -2.50. The number of carbonyl (C=O) groups is 1. The highest BCUT2D eigenvalue weighted by atomic mass is 16.6. The quantitative estimate of drug-likeness (QED) is 0.694. The molecule has 1 amide bonds. The maximum atomic E-state index is 12.0. The van der Waals surface area contributed by atoms with Crippen LogP contribution < -0.4 is 5.32 Å². The second-order valence-electron chi connectivity index (χ2n) is 8.16. The molecule has 1 rings (SSSR count). The van der Waals surface area contributed by atoms with E-state index in [4.69, 9.17) is 4.74 Å². The van der Waals surface area contributed by atoms with Gasteiger partial charge in [0, 0.05) is 44.7 Å². The molecule has 1 aliphatic heterocycles. The predicted octanol–water partition coefficient (Wildman–Crippen LogP) is 1.54. The van der Waals surface area contributed by atoms with Gasteiger partial charge >= 0.3 is 6.09 Å². The van der Waals surface area contributed by atoms with Gasteiger partial charge in [0.15, 0.2) is 0 Å². The van der Waals surface area contributed by atoms with Crippen LogP contribution in [0.3, 0.4) is 0 Å². The van der Waals surface area contributed by atoms with Gasteiger partial charge < -0.3 is 20.1 Å². The van der Waals surface area contributed by atoms with E-state index in [1.165, 1.54) is 0 Å². The summed E-state index contributed by atoms with van der Waals surface area (Å²) in [4.78, 5) is 16.2. The van der Waals surface area contributed by atoms with Crippen LogP contribution in [0.4, 0.5) is 4.79 Å². The Morgan fingerprint density at radius 3 is 2.26 bits per heavy atom. The van der Waals surface area contributed by atoms with E-state index in [0.29, 0.717) is 0 Å². The summed E-state index contributed by atoms with van der Waals surface area (Å²) in [5.41, 5.74) is -0.485. The van der Waals surface area contributed by atoms with Gasteiger partial charge in [-0.25, -0.2) is 4.79 Å². The van der Waals surface area contributed by atoms with Crippen molar-refractivity contribution in [1.82, 2.24) is 15.1 Å². The van der Waals surface area contributed by atoms with Crippen LogP contribution >= 0.6 is 0 Å². The normalized spacial score (nSPS) is 17.4. The van der Waals surface area contributed by atoms with Gasteiger partial charge in [-0.1, -0.05) is 13.8 Å². The Kier molecular flexibility index (Phi) is 7.77. The molecule has 0 aromatic rings. The molecule has 1 saturated heterocycles. The molecule has 1 fully saturated rings. The molecule has 0 aromatic heterocycles. The molecular formula is C17H35N3O3. The minimum absolute atomic E-state index is 0.0565. The fourth-order valence-electron chi connectivity index (χ4n) is 2.39. The molecule has 6 heteroatoms. The molecule has 0 aromatic carbocycles. The predicted molar refractivity (Wildman–Crippen MR) is 92.6 cm³/mol. The Labute approximate surface area is 141 Å². The molecule has 1 heterocycles. The van der Waals surface area contributed by atoms with E-state index < -0.39 is 5.60 Å². The smallest absolute Gasteiger partial charge is 0.410 e.